The third-order valence-electron chi connectivity index (χ3n) is 1.94. The van der Waals surface area contributed by atoms with Crippen molar-refractivity contribution in [1.82, 2.24) is 24.3 Å². The Bertz CT molecular complexity index is 447. The topological polar surface area (TPSA) is 85.8 Å². The molecule has 2 heterocycles. The molecule has 7 heteroatoms. The summed E-state index contributed by atoms with van der Waals surface area (Å²) < 4.78 is 3.52. The Morgan fingerprint density at radius 3 is 2.47 bits per heavy atom. The van der Waals surface area contributed by atoms with Crippen LogP contribution in [0.5, 0.6) is 0 Å². The first-order chi connectivity index (χ1) is 7.25. The van der Waals surface area contributed by atoms with E-state index in [4.69, 9.17) is 5.11 Å². The predicted molar refractivity (Wildman–Crippen MR) is 49.2 cm³/mol. The molecule has 0 atom stereocenters. The van der Waals surface area contributed by atoms with Gasteiger partial charge in [0, 0.05) is 19.3 Å². The van der Waals surface area contributed by atoms with Gasteiger partial charge >= 0.3 is 5.97 Å². The van der Waals surface area contributed by atoms with E-state index in [1.54, 1.807) is 21.8 Å². The monoisotopic (exact) mass is 207 g/mol. The van der Waals surface area contributed by atoms with E-state index in [0.29, 0.717) is 13.1 Å². The van der Waals surface area contributed by atoms with Crippen molar-refractivity contribution >= 4 is 5.97 Å². The number of imidazole rings is 1. The molecule has 0 amide bonds. The molecule has 78 valence electrons. The number of nitrogens with zero attached hydrogens (tertiary/aromatic N) is 5. The molecule has 0 aliphatic carbocycles. The molecule has 2 rings (SSSR count). The molecule has 15 heavy (non-hydrogen) atoms. The Morgan fingerprint density at radius 1 is 1.20 bits per heavy atom. The van der Waals surface area contributed by atoms with Crippen molar-refractivity contribution in [3.05, 3.63) is 30.9 Å². The zero-order valence-corrected chi connectivity index (χ0v) is 7.82. The second-order valence-corrected chi connectivity index (χ2v) is 3.00. The van der Waals surface area contributed by atoms with Gasteiger partial charge in [-0.3, -0.25) is 0 Å². The van der Waals surface area contributed by atoms with Gasteiger partial charge in [-0.2, -0.15) is 0 Å². The van der Waals surface area contributed by atoms with Gasteiger partial charge in [-0.25, -0.2) is 9.78 Å². The molecular weight excluding hydrogens is 198 g/mol. The van der Waals surface area contributed by atoms with Crippen LogP contribution in [0.2, 0.25) is 0 Å². The van der Waals surface area contributed by atoms with Crippen LogP contribution < -0.4 is 0 Å². The van der Waals surface area contributed by atoms with Crippen molar-refractivity contribution < 1.29 is 9.90 Å². The van der Waals surface area contributed by atoms with Crippen LogP contribution in [0, 0.1) is 0 Å². The molecule has 0 aromatic carbocycles. The number of aromatic nitrogens is 5. The van der Waals surface area contributed by atoms with E-state index in [0.717, 1.165) is 0 Å². The number of aryl methyl sites for hydroxylation is 2. The number of carbonyl (C=O) groups is 1. The zero-order valence-electron chi connectivity index (χ0n) is 7.82. The SMILES string of the molecule is O=C(O)c1cn(CCn2cnnc2)cn1. The lowest BCUT2D eigenvalue weighted by Crippen LogP contribution is -2.04. The number of rotatable bonds is 4. The highest BCUT2D eigenvalue weighted by Crippen LogP contribution is 1.97. The van der Waals surface area contributed by atoms with E-state index in [1.165, 1.54) is 12.5 Å². The highest BCUT2D eigenvalue weighted by atomic mass is 16.4. The second kappa shape index (κ2) is 3.91. The Balaban J connectivity index is 1.96. The summed E-state index contributed by atoms with van der Waals surface area (Å²) in [5.41, 5.74) is 0.0544. The summed E-state index contributed by atoms with van der Waals surface area (Å²) in [6.45, 7) is 1.32. The summed E-state index contributed by atoms with van der Waals surface area (Å²) in [5.74, 6) is -1.02. The van der Waals surface area contributed by atoms with Crippen LogP contribution in [-0.4, -0.2) is 35.4 Å². The van der Waals surface area contributed by atoms with E-state index >= 15 is 0 Å². The van der Waals surface area contributed by atoms with E-state index < -0.39 is 5.97 Å². The van der Waals surface area contributed by atoms with E-state index in [2.05, 4.69) is 15.2 Å². The van der Waals surface area contributed by atoms with Crippen LogP contribution in [0.15, 0.2) is 25.2 Å². The number of hydrogen-bond donors (Lipinski definition) is 1. The standard InChI is InChI=1S/C8H9N5O2/c14-8(15)7-3-12(4-9-7)1-2-13-5-10-11-6-13/h3-6H,1-2H2,(H,14,15). The fourth-order valence-corrected chi connectivity index (χ4v) is 1.16. The molecule has 0 bridgehead atoms. The van der Waals surface area contributed by atoms with Gasteiger partial charge in [-0.05, 0) is 0 Å². The lowest BCUT2D eigenvalue weighted by Gasteiger charge is -2.01. The Labute approximate surface area is 85.0 Å². The van der Waals surface area contributed by atoms with Crippen LogP contribution in [-0.2, 0) is 13.1 Å². The van der Waals surface area contributed by atoms with Crippen molar-refractivity contribution in [2.75, 3.05) is 0 Å². The van der Waals surface area contributed by atoms with Gasteiger partial charge in [-0.1, -0.05) is 0 Å². The number of aromatic carboxylic acids is 1. The molecule has 0 aliphatic heterocycles. The average Bonchev–Trinajstić information content (AvgIpc) is 2.86. The maximum atomic E-state index is 10.5. The first-order valence-corrected chi connectivity index (χ1v) is 4.33. The van der Waals surface area contributed by atoms with Gasteiger partial charge in [0.2, 0.25) is 0 Å². The normalized spacial score (nSPS) is 10.4. The van der Waals surface area contributed by atoms with Crippen LogP contribution in [0.3, 0.4) is 0 Å². The third kappa shape index (κ3) is 2.19. The molecule has 0 saturated heterocycles. The minimum Gasteiger partial charge on any atom is -0.476 e. The van der Waals surface area contributed by atoms with Gasteiger partial charge in [0.25, 0.3) is 0 Å². The number of hydrogen-bond acceptors (Lipinski definition) is 4. The lowest BCUT2D eigenvalue weighted by molar-refractivity contribution is 0.0691. The average molecular weight is 207 g/mol. The molecule has 7 nitrogen and oxygen atoms in total. The molecule has 1 N–H and O–H groups in total. The summed E-state index contributed by atoms with van der Waals surface area (Å²) in [4.78, 5) is 14.3. The summed E-state index contributed by atoms with van der Waals surface area (Å²) in [7, 11) is 0. The molecule has 0 saturated carbocycles. The first kappa shape index (κ1) is 9.38. The molecular formula is C8H9N5O2. The fraction of sp³-hybridized carbons (Fsp3) is 0.250. The molecule has 0 radical (unpaired) electrons. The summed E-state index contributed by atoms with van der Waals surface area (Å²) >= 11 is 0. The lowest BCUT2D eigenvalue weighted by atomic mass is 10.5. The maximum Gasteiger partial charge on any atom is 0.356 e. The van der Waals surface area contributed by atoms with E-state index in [-0.39, 0.29) is 5.69 Å². The highest BCUT2D eigenvalue weighted by Gasteiger charge is 2.05. The summed E-state index contributed by atoms with van der Waals surface area (Å²) in [5, 5.41) is 16.0. The van der Waals surface area contributed by atoms with E-state index in [1.807, 2.05) is 0 Å². The Kier molecular flexibility index (Phi) is 2.44. The number of carboxylic acids is 1. The predicted octanol–water partition coefficient (Wildman–Crippen LogP) is -0.127. The maximum absolute atomic E-state index is 10.5. The van der Waals surface area contributed by atoms with Gasteiger partial charge in [-0.15, -0.1) is 10.2 Å². The molecule has 2 aromatic rings. The summed E-state index contributed by atoms with van der Waals surface area (Å²) in [6.07, 6.45) is 6.20. The van der Waals surface area contributed by atoms with Crippen molar-refractivity contribution in [1.29, 1.82) is 0 Å². The zero-order chi connectivity index (χ0) is 10.7. The van der Waals surface area contributed by atoms with Crippen LogP contribution in [0.4, 0.5) is 0 Å². The van der Waals surface area contributed by atoms with Crippen molar-refractivity contribution in [3.63, 3.8) is 0 Å². The highest BCUT2D eigenvalue weighted by molar-refractivity contribution is 5.84. The molecule has 0 aliphatic rings. The second-order valence-electron chi connectivity index (χ2n) is 3.00. The fourth-order valence-electron chi connectivity index (χ4n) is 1.16. The quantitative estimate of drug-likeness (QED) is 0.754. The minimum absolute atomic E-state index is 0.0544. The van der Waals surface area contributed by atoms with Gasteiger partial charge in [0.15, 0.2) is 5.69 Å². The Hall–Kier alpha value is -2.18. The van der Waals surface area contributed by atoms with Crippen LogP contribution in [0.1, 0.15) is 10.5 Å². The smallest absolute Gasteiger partial charge is 0.356 e. The van der Waals surface area contributed by atoms with Crippen LogP contribution in [0.25, 0.3) is 0 Å². The molecule has 0 unspecified atom stereocenters. The third-order valence-corrected chi connectivity index (χ3v) is 1.94. The van der Waals surface area contributed by atoms with Crippen LogP contribution >= 0.6 is 0 Å². The first-order valence-electron chi connectivity index (χ1n) is 4.33. The van der Waals surface area contributed by atoms with Gasteiger partial charge < -0.3 is 14.2 Å². The molecule has 2 aromatic heterocycles. The van der Waals surface area contributed by atoms with Gasteiger partial charge in [0.05, 0.1) is 6.33 Å². The summed E-state index contributed by atoms with van der Waals surface area (Å²) in [6, 6.07) is 0. The van der Waals surface area contributed by atoms with E-state index in [9.17, 15) is 4.79 Å². The largest absolute Gasteiger partial charge is 0.476 e. The molecule has 0 fully saturated rings. The van der Waals surface area contributed by atoms with Crippen molar-refractivity contribution in [2.24, 2.45) is 0 Å². The minimum atomic E-state index is -1.02. The van der Waals surface area contributed by atoms with Crippen molar-refractivity contribution in [2.45, 2.75) is 13.1 Å². The Morgan fingerprint density at radius 2 is 1.87 bits per heavy atom. The van der Waals surface area contributed by atoms with Gasteiger partial charge in [0.1, 0.15) is 12.7 Å². The van der Waals surface area contributed by atoms with Crippen molar-refractivity contribution in [3.8, 4) is 0 Å². The number of carboxylic acid groups (broad SMARTS) is 1. The molecule has 0 spiro atoms.